The molecule has 17 heavy (non-hydrogen) atoms. The maximum atomic E-state index is 4.53. The lowest BCUT2D eigenvalue weighted by atomic mass is 10.4. The van der Waals surface area contributed by atoms with Gasteiger partial charge in [0.15, 0.2) is 0 Å². The van der Waals surface area contributed by atoms with E-state index >= 15 is 0 Å². The molecule has 2 aromatic rings. The van der Waals surface area contributed by atoms with E-state index in [1.165, 1.54) is 17.7 Å². The number of rotatable bonds is 4. The van der Waals surface area contributed by atoms with Crippen molar-refractivity contribution < 1.29 is 0 Å². The zero-order chi connectivity index (χ0) is 11.7. The molecule has 0 bridgehead atoms. The Kier molecular flexibility index (Phi) is 3.11. The lowest BCUT2D eigenvalue weighted by molar-refractivity contribution is 0.922. The lowest BCUT2D eigenvalue weighted by Crippen LogP contribution is -2.02. The number of nitrogens with zero attached hydrogens (tertiary/aromatic N) is 2. The molecule has 1 aliphatic rings. The second-order valence-corrected chi connectivity index (χ2v) is 6.07. The van der Waals surface area contributed by atoms with Gasteiger partial charge in [-0.1, -0.05) is 0 Å². The fourth-order valence-corrected chi connectivity index (χ4v) is 3.03. The fourth-order valence-electron chi connectivity index (χ4n) is 1.63. The van der Waals surface area contributed by atoms with Gasteiger partial charge >= 0.3 is 0 Å². The molecule has 0 aliphatic heterocycles. The fraction of sp³-hybridized carbons (Fsp3) is 0.333. The summed E-state index contributed by atoms with van der Waals surface area (Å²) in [6.45, 7) is 0.817. The highest BCUT2D eigenvalue weighted by Gasteiger charge is 2.26. The van der Waals surface area contributed by atoms with Gasteiger partial charge in [-0.05, 0) is 40.9 Å². The predicted molar refractivity (Wildman–Crippen MR) is 73.4 cm³/mol. The SMILES string of the molecule is Brc1csc(CNc2ccnc(C3CC3)n2)c1. The Morgan fingerprint density at radius 3 is 3.06 bits per heavy atom. The third-order valence-corrected chi connectivity index (χ3v) is 4.38. The Bertz CT molecular complexity index is 522. The van der Waals surface area contributed by atoms with Gasteiger partial charge in [-0.15, -0.1) is 11.3 Å². The Labute approximate surface area is 112 Å². The van der Waals surface area contributed by atoms with Crippen molar-refractivity contribution in [2.24, 2.45) is 0 Å². The second kappa shape index (κ2) is 4.74. The van der Waals surface area contributed by atoms with Gasteiger partial charge in [0.2, 0.25) is 0 Å². The minimum Gasteiger partial charge on any atom is -0.365 e. The van der Waals surface area contributed by atoms with E-state index in [0.717, 1.165) is 22.7 Å². The molecule has 0 aromatic carbocycles. The molecule has 2 heterocycles. The van der Waals surface area contributed by atoms with Crippen molar-refractivity contribution in [3.8, 4) is 0 Å². The Morgan fingerprint density at radius 2 is 2.35 bits per heavy atom. The first-order valence-electron chi connectivity index (χ1n) is 5.61. The average molecular weight is 310 g/mol. The number of thiophene rings is 1. The maximum Gasteiger partial charge on any atom is 0.133 e. The van der Waals surface area contributed by atoms with E-state index < -0.39 is 0 Å². The molecule has 3 rings (SSSR count). The number of nitrogens with one attached hydrogen (secondary N) is 1. The molecular formula is C12H12BrN3S. The van der Waals surface area contributed by atoms with Crippen LogP contribution in [0.15, 0.2) is 28.2 Å². The van der Waals surface area contributed by atoms with Crippen LogP contribution < -0.4 is 5.32 Å². The van der Waals surface area contributed by atoms with E-state index in [0.29, 0.717) is 5.92 Å². The van der Waals surface area contributed by atoms with Crippen LogP contribution in [0.5, 0.6) is 0 Å². The minimum absolute atomic E-state index is 0.604. The Morgan fingerprint density at radius 1 is 1.47 bits per heavy atom. The smallest absolute Gasteiger partial charge is 0.133 e. The molecule has 0 saturated heterocycles. The molecule has 0 unspecified atom stereocenters. The van der Waals surface area contributed by atoms with E-state index in [1.807, 2.05) is 12.3 Å². The molecule has 2 aromatic heterocycles. The number of anilines is 1. The topological polar surface area (TPSA) is 37.8 Å². The van der Waals surface area contributed by atoms with Crippen molar-refractivity contribution in [1.82, 2.24) is 9.97 Å². The van der Waals surface area contributed by atoms with Gasteiger partial charge in [-0.2, -0.15) is 0 Å². The van der Waals surface area contributed by atoms with Gasteiger partial charge in [0.1, 0.15) is 11.6 Å². The van der Waals surface area contributed by atoms with E-state index in [2.05, 4.69) is 42.7 Å². The summed E-state index contributed by atoms with van der Waals surface area (Å²) in [6, 6.07) is 4.05. The van der Waals surface area contributed by atoms with Crippen LogP contribution in [0.2, 0.25) is 0 Å². The number of halogens is 1. The van der Waals surface area contributed by atoms with Crippen molar-refractivity contribution in [2.45, 2.75) is 25.3 Å². The molecule has 1 fully saturated rings. The van der Waals surface area contributed by atoms with E-state index in [4.69, 9.17) is 0 Å². The summed E-state index contributed by atoms with van der Waals surface area (Å²) >= 11 is 5.19. The van der Waals surface area contributed by atoms with Crippen LogP contribution in [0.4, 0.5) is 5.82 Å². The van der Waals surface area contributed by atoms with Gasteiger partial charge in [0, 0.05) is 26.8 Å². The normalized spacial score (nSPS) is 14.9. The van der Waals surface area contributed by atoms with Crippen molar-refractivity contribution in [1.29, 1.82) is 0 Å². The summed E-state index contributed by atoms with van der Waals surface area (Å²) < 4.78 is 1.14. The molecular weight excluding hydrogens is 298 g/mol. The monoisotopic (exact) mass is 309 g/mol. The molecule has 0 radical (unpaired) electrons. The third kappa shape index (κ3) is 2.84. The molecule has 5 heteroatoms. The molecule has 88 valence electrons. The Balaban J connectivity index is 1.66. The van der Waals surface area contributed by atoms with E-state index in [-0.39, 0.29) is 0 Å². The number of hydrogen-bond donors (Lipinski definition) is 1. The molecule has 3 nitrogen and oxygen atoms in total. The van der Waals surface area contributed by atoms with Crippen LogP contribution in [-0.2, 0) is 6.54 Å². The van der Waals surface area contributed by atoms with Crippen LogP contribution in [0, 0.1) is 0 Å². The first kappa shape index (κ1) is 11.2. The zero-order valence-electron chi connectivity index (χ0n) is 9.19. The summed E-state index contributed by atoms with van der Waals surface area (Å²) in [7, 11) is 0. The summed E-state index contributed by atoms with van der Waals surface area (Å²) in [6.07, 6.45) is 4.32. The number of aromatic nitrogens is 2. The van der Waals surface area contributed by atoms with Crippen molar-refractivity contribution >= 4 is 33.1 Å². The van der Waals surface area contributed by atoms with Gasteiger partial charge in [0.25, 0.3) is 0 Å². The van der Waals surface area contributed by atoms with Crippen LogP contribution in [-0.4, -0.2) is 9.97 Å². The van der Waals surface area contributed by atoms with Crippen LogP contribution in [0.1, 0.15) is 29.5 Å². The summed E-state index contributed by atoms with van der Waals surface area (Å²) in [4.78, 5) is 10.1. The molecule has 0 amide bonds. The van der Waals surface area contributed by atoms with Crippen molar-refractivity contribution in [2.75, 3.05) is 5.32 Å². The molecule has 1 N–H and O–H groups in total. The Hall–Kier alpha value is -0.940. The second-order valence-electron chi connectivity index (χ2n) is 4.16. The van der Waals surface area contributed by atoms with E-state index in [1.54, 1.807) is 11.3 Å². The van der Waals surface area contributed by atoms with Crippen LogP contribution in [0.25, 0.3) is 0 Å². The highest BCUT2D eigenvalue weighted by Crippen LogP contribution is 2.38. The highest BCUT2D eigenvalue weighted by molar-refractivity contribution is 9.10. The number of hydrogen-bond acceptors (Lipinski definition) is 4. The lowest BCUT2D eigenvalue weighted by Gasteiger charge is -2.04. The third-order valence-electron chi connectivity index (χ3n) is 2.68. The summed E-state index contributed by atoms with van der Waals surface area (Å²) in [5.41, 5.74) is 0. The van der Waals surface area contributed by atoms with Crippen LogP contribution in [0.3, 0.4) is 0 Å². The highest BCUT2D eigenvalue weighted by atomic mass is 79.9. The van der Waals surface area contributed by atoms with E-state index in [9.17, 15) is 0 Å². The van der Waals surface area contributed by atoms with Gasteiger partial charge < -0.3 is 5.32 Å². The first-order chi connectivity index (χ1) is 8.31. The van der Waals surface area contributed by atoms with Gasteiger partial charge in [-0.3, -0.25) is 0 Å². The first-order valence-corrected chi connectivity index (χ1v) is 7.28. The van der Waals surface area contributed by atoms with Gasteiger partial charge in [0.05, 0.1) is 6.54 Å². The zero-order valence-corrected chi connectivity index (χ0v) is 11.6. The summed E-state index contributed by atoms with van der Waals surface area (Å²) in [5, 5.41) is 5.43. The van der Waals surface area contributed by atoms with Crippen LogP contribution >= 0.6 is 27.3 Å². The molecule has 0 spiro atoms. The van der Waals surface area contributed by atoms with Gasteiger partial charge in [-0.25, -0.2) is 9.97 Å². The summed E-state index contributed by atoms with van der Waals surface area (Å²) in [5.74, 6) is 2.52. The standard InChI is InChI=1S/C12H12BrN3S/c13-9-5-10(17-7-9)6-15-11-3-4-14-12(16-11)8-1-2-8/h3-5,7-8H,1-2,6H2,(H,14,15,16). The molecule has 1 aliphatic carbocycles. The quantitative estimate of drug-likeness (QED) is 0.933. The maximum absolute atomic E-state index is 4.53. The molecule has 1 saturated carbocycles. The predicted octanol–water partition coefficient (Wildman–Crippen LogP) is 3.79. The van der Waals surface area contributed by atoms with Crippen molar-refractivity contribution in [3.63, 3.8) is 0 Å². The molecule has 0 atom stereocenters. The largest absolute Gasteiger partial charge is 0.365 e. The minimum atomic E-state index is 0.604. The average Bonchev–Trinajstić information content (AvgIpc) is 3.11. The van der Waals surface area contributed by atoms with Crippen molar-refractivity contribution in [3.05, 3.63) is 38.9 Å².